The third-order valence-corrected chi connectivity index (χ3v) is 5.36. The highest BCUT2D eigenvalue weighted by atomic mass is 16.6. The Morgan fingerprint density at radius 1 is 1.61 bits per heavy atom. The van der Waals surface area contributed by atoms with E-state index in [4.69, 9.17) is 9.84 Å². The quantitative estimate of drug-likeness (QED) is 0.464. The van der Waals surface area contributed by atoms with E-state index in [1.54, 1.807) is 0 Å². The molecule has 0 radical (unpaired) electrons. The maximum atomic E-state index is 11.1. The summed E-state index contributed by atoms with van der Waals surface area (Å²) in [5.41, 5.74) is 1.67. The molecule has 3 unspecified atom stereocenters. The zero-order chi connectivity index (χ0) is 13.1. The second-order valence-corrected chi connectivity index (χ2v) is 6.23. The molecule has 1 saturated heterocycles. The molecular weight excluding hydrogens is 228 g/mol. The summed E-state index contributed by atoms with van der Waals surface area (Å²) < 4.78 is 6.09. The molecule has 3 nitrogen and oxygen atoms in total. The zero-order valence-corrected chi connectivity index (χ0v) is 11.0. The molecule has 2 fully saturated rings. The van der Waals surface area contributed by atoms with E-state index in [1.165, 1.54) is 5.57 Å². The van der Waals surface area contributed by atoms with E-state index in [2.05, 4.69) is 26.5 Å². The Balaban J connectivity index is 1.88. The van der Waals surface area contributed by atoms with E-state index in [-0.39, 0.29) is 17.1 Å². The first kappa shape index (κ1) is 12.0. The van der Waals surface area contributed by atoms with Crippen molar-refractivity contribution in [2.75, 3.05) is 0 Å². The van der Waals surface area contributed by atoms with Crippen molar-refractivity contribution < 1.29 is 14.6 Å². The van der Waals surface area contributed by atoms with Crippen molar-refractivity contribution in [3.8, 4) is 0 Å². The molecule has 1 aliphatic heterocycles. The standard InChI is InChI=1S/C15H20O3/c1-9-4-7-15-12(9)8-11(10(2)13(16)17)5-6-14(15,3)18-15/h4,11-12H,2,5-8H2,1,3H3,(H,16,17)/t11?,12?,14-,15?/m0/s1. The fourth-order valence-electron chi connectivity index (χ4n) is 4.02. The maximum Gasteiger partial charge on any atom is 0.331 e. The van der Waals surface area contributed by atoms with Gasteiger partial charge < -0.3 is 9.84 Å². The molecule has 3 heteroatoms. The van der Waals surface area contributed by atoms with Crippen LogP contribution in [0.25, 0.3) is 0 Å². The number of ether oxygens (including phenoxy) is 1. The minimum atomic E-state index is -0.852. The molecule has 0 aromatic heterocycles. The lowest BCUT2D eigenvalue weighted by Gasteiger charge is -2.22. The van der Waals surface area contributed by atoms with Crippen molar-refractivity contribution >= 4 is 5.97 Å². The molecule has 1 spiro atoms. The third-order valence-electron chi connectivity index (χ3n) is 5.36. The number of carboxylic acid groups (broad SMARTS) is 1. The Morgan fingerprint density at radius 2 is 2.33 bits per heavy atom. The van der Waals surface area contributed by atoms with Gasteiger partial charge in [0.15, 0.2) is 0 Å². The van der Waals surface area contributed by atoms with Gasteiger partial charge in [0.05, 0.1) is 5.60 Å². The van der Waals surface area contributed by atoms with Crippen molar-refractivity contribution in [1.29, 1.82) is 0 Å². The molecule has 3 aliphatic rings. The van der Waals surface area contributed by atoms with Crippen LogP contribution < -0.4 is 0 Å². The lowest BCUT2D eigenvalue weighted by atomic mass is 9.79. The summed E-state index contributed by atoms with van der Waals surface area (Å²) in [4.78, 5) is 11.1. The Morgan fingerprint density at radius 3 is 3.00 bits per heavy atom. The van der Waals surface area contributed by atoms with Gasteiger partial charge in [-0.3, -0.25) is 0 Å². The van der Waals surface area contributed by atoms with Crippen molar-refractivity contribution in [2.45, 2.75) is 50.7 Å². The summed E-state index contributed by atoms with van der Waals surface area (Å²) in [7, 11) is 0. The average molecular weight is 248 g/mol. The predicted molar refractivity (Wildman–Crippen MR) is 68.2 cm³/mol. The number of carbonyl (C=O) groups is 1. The van der Waals surface area contributed by atoms with Gasteiger partial charge in [-0.25, -0.2) is 4.79 Å². The van der Waals surface area contributed by atoms with E-state index in [1.807, 2.05) is 0 Å². The van der Waals surface area contributed by atoms with Crippen LogP contribution in [0.3, 0.4) is 0 Å². The van der Waals surface area contributed by atoms with Crippen molar-refractivity contribution in [1.82, 2.24) is 0 Å². The molecule has 4 atom stereocenters. The topological polar surface area (TPSA) is 49.8 Å². The van der Waals surface area contributed by atoms with Crippen LogP contribution in [0.2, 0.25) is 0 Å². The summed E-state index contributed by atoms with van der Waals surface area (Å²) in [5, 5.41) is 9.13. The molecule has 3 rings (SSSR count). The Kier molecular flexibility index (Phi) is 2.31. The van der Waals surface area contributed by atoms with Gasteiger partial charge in [0.25, 0.3) is 0 Å². The monoisotopic (exact) mass is 248 g/mol. The molecule has 1 saturated carbocycles. The number of hydrogen-bond donors (Lipinski definition) is 1. The normalized spacial score (nSPS) is 45.6. The highest BCUT2D eigenvalue weighted by Crippen LogP contribution is 2.65. The van der Waals surface area contributed by atoms with Crippen LogP contribution in [0.15, 0.2) is 23.8 Å². The Hall–Kier alpha value is -1.09. The summed E-state index contributed by atoms with van der Waals surface area (Å²) >= 11 is 0. The lowest BCUT2D eigenvalue weighted by Crippen LogP contribution is -2.28. The van der Waals surface area contributed by atoms with Crippen molar-refractivity contribution in [2.24, 2.45) is 11.8 Å². The van der Waals surface area contributed by atoms with Crippen LogP contribution in [0, 0.1) is 11.8 Å². The first-order valence-electron chi connectivity index (χ1n) is 6.68. The van der Waals surface area contributed by atoms with Gasteiger partial charge in [-0.1, -0.05) is 18.2 Å². The smallest absolute Gasteiger partial charge is 0.331 e. The van der Waals surface area contributed by atoms with Crippen LogP contribution in [-0.4, -0.2) is 22.3 Å². The van der Waals surface area contributed by atoms with E-state index in [0.717, 1.165) is 25.7 Å². The number of hydrogen-bond acceptors (Lipinski definition) is 2. The molecular formula is C15H20O3. The van der Waals surface area contributed by atoms with Gasteiger partial charge in [-0.05, 0) is 45.4 Å². The Bertz CT molecular complexity index is 464. The van der Waals surface area contributed by atoms with E-state index in [0.29, 0.717) is 11.5 Å². The minimum absolute atomic E-state index is 0.0232. The summed E-state index contributed by atoms with van der Waals surface area (Å²) in [6.45, 7) is 8.08. The molecule has 2 aliphatic carbocycles. The summed E-state index contributed by atoms with van der Waals surface area (Å²) in [5.74, 6) is -0.375. The molecule has 98 valence electrons. The number of carboxylic acids is 1. The highest BCUT2D eigenvalue weighted by Gasteiger charge is 2.72. The van der Waals surface area contributed by atoms with Gasteiger partial charge in [0.2, 0.25) is 0 Å². The lowest BCUT2D eigenvalue weighted by molar-refractivity contribution is -0.133. The first-order chi connectivity index (χ1) is 8.40. The zero-order valence-electron chi connectivity index (χ0n) is 11.0. The van der Waals surface area contributed by atoms with Gasteiger partial charge in [0, 0.05) is 11.5 Å². The SMILES string of the molecule is C=C(C(=O)O)C1CC[C@]2(C)OC23CC=C(C)C3C1. The van der Waals surface area contributed by atoms with Gasteiger partial charge in [-0.2, -0.15) is 0 Å². The van der Waals surface area contributed by atoms with Gasteiger partial charge in [-0.15, -0.1) is 0 Å². The van der Waals surface area contributed by atoms with Crippen LogP contribution in [-0.2, 0) is 9.53 Å². The minimum Gasteiger partial charge on any atom is -0.478 e. The molecule has 0 bridgehead atoms. The largest absolute Gasteiger partial charge is 0.478 e. The molecule has 1 heterocycles. The molecule has 0 aromatic rings. The van der Waals surface area contributed by atoms with E-state index in [9.17, 15) is 4.79 Å². The predicted octanol–water partition coefficient (Wildman–Crippen LogP) is 2.92. The third kappa shape index (κ3) is 1.37. The van der Waals surface area contributed by atoms with Crippen molar-refractivity contribution in [3.05, 3.63) is 23.8 Å². The second kappa shape index (κ2) is 3.47. The van der Waals surface area contributed by atoms with Crippen LogP contribution in [0.1, 0.15) is 39.5 Å². The highest BCUT2D eigenvalue weighted by molar-refractivity contribution is 5.86. The second-order valence-electron chi connectivity index (χ2n) is 6.23. The molecule has 0 aromatic carbocycles. The fraction of sp³-hybridized carbons (Fsp3) is 0.667. The molecule has 0 amide bonds. The van der Waals surface area contributed by atoms with Crippen LogP contribution >= 0.6 is 0 Å². The summed E-state index contributed by atoms with van der Waals surface area (Å²) in [6, 6.07) is 0. The van der Waals surface area contributed by atoms with E-state index < -0.39 is 5.97 Å². The van der Waals surface area contributed by atoms with Gasteiger partial charge in [0.1, 0.15) is 5.60 Å². The summed E-state index contributed by atoms with van der Waals surface area (Å²) in [6.07, 6.45) is 5.96. The number of epoxide rings is 1. The average Bonchev–Trinajstić information content (AvgIpc) is 2.82. The van der Waals surface area contributed by atoms with Gasteiger partial charge >= 0.3 is 5.97 Å². The van der Waals surface area contributed by atoms with Crippen LogP contribution in [0.4, 0.5) is 0 Å². The number of aliphatic carboxylic acids is 1. The maximum absolute atomic E-state index is 11.1. The van der Waals surface area contributed by atoms with Crippen molar-refractivity contribution in [3.63, 3.8) is 0 Å². The number of rotatable bonds is 2. The van der Waals surface area contributed by atoms with Crippen LogP contribution in [0.5, 0.6) is 0 Å². The van der Waals surface area contributed by atoms with E-state index >= 15 is 0 Å². The first-order valence-corrected chi connectivity index (χ1v) is 6.68. The fourth-order valence-corrected chi connectivity index (χ4v) is 4.02. The molecule has 1 N–H and O–H groups in total. The molecule has 18 heavy (non-hydrogen) atoms. The Labute approximate surface area is 108 Å².